The fourth-order valence-electron chi connectivity index (χ4n) is 3.51. The Labute approximate surface area is 196 Å². The van der Waals surface area contributed by atoms with Gasteiger partial charge in [-0.05, 0) is 59.1 Å². The van der Waals surface area contributed by atoms with Crippen LogP contribution in [0.25, 0.3) is 22.2 Å². The number of likely N-dealkylation sites (N-methyl/N-ethyl adjacent to an activating group) is 1. The Bertz CT molecular complexity index is 1210. The SMILES string of the molecule is CN(C)CCn1nc2c3c(c(NC(=O)CNC(=O)OC(C)(C)C)ccc31)Sc1ncccc1-2. The van der Waals surface area contributed by atoms with Crippen LogP contribution in [0.4, 0.5) is 10.5 Å². The van der Waals surface area contributed by atoms with Crippen LogP contribution >= 0.6 is 11.8 Å². The second-order valence-corrected chi connectivity index (χ2v) is 10.1. The summed E-state index contributed by atoms with van der Waals surface area (Å²) in [6.45, 7) is 6.72. The molecule has 0 bridgehead atoms. The molecular formula is C23H28N6O3S. The Morgan fingerprint density at radius 1 is 1.21 bits per heavy atom. The highest BCUT2D eigenvalue weighted by Crippen LogP contribution is 2.49. The third kappa shape index (κ3) is 5.12. The molecule has 0 saturated carbocycles. The van der Waals surface area contributed by atoms with Crippen LogP contribution in [0.15, 0.2) is 40.4 Å². The van der Waals surface area contributed by atoms with E-state index in [2.05, 4.69) is 20.5 Å². The lowest BCUT2D eigenvalue weighted by Crippen LogP contribution is -2.37. The molecule has 0 atom stereocenters. The summed E-state index contributed by atoms with van der Waals surface area (Å²) < 4.78 is 7.20. The van der Waals surface area contributed by atoms with E-state index < -0.39 is 11.7 Å². The summed E-state index contributed by atoms with van der Waals surface area (Å²) in [7, 11) is 4.06. The Balaban J connectivity index is 1.62. The van der Waals surface area contributed by atoms with Crippen molar-refractivity contribution in [1.29, 1.82) is 0 Å². The highest BCUT2D eigenvalue weighted by molar-refractivity contribution is 7.99. The van der Waals surface area contributed by atoms with Crippen molar-refractivity contribution in [2.45, 2.75) is 42.8 Å². The van der Waals surface area contributed by atoms with Gasteiger partial charge in [-0.1, -0.05) is 11.8 Å². The fourth-order valence-corrected chi connectivity index (χ4v) is 4.62. The topological polar surface area (TPSA) is 101 Å². The number of nitrogens with one attached hydrogen (secondary N) is 2. The normalized spacial score (nSPS) is 12.5. The van der Waals surface area contributed by atoms with Crippen LogP contribution < -0.4 is 10.6 Å². The van der Waals surface area contributed by atoms with Crippen molar-refractivity contribution in [3.63, 3.8) is 0 Å². The van der Waals surface area contributed by atoms with Crippen molar-refractivity contribution in [3.05, 3.63) is 30.5 Å². The number of benzene rings is 1. The number of alkyl carbamates (subject to hydrolysis) is 1. The van der Waals surface area contributed by atoms with Crippen LogP contribution in [0.1, 0.15) is 20.8 Å². The van der Waals surface area contributed by atoms with E-state index in [4.69, 9.17) is 9.84 Å². The number of hydrogen-bond acceptors (Lipinski definition) is 7. The quantitative estimate of drug-likeness (QED) is 0.446. The van der Waals surface area contributed by atoms with Gasteiger partial charge in [-0.25, -0.2) is 9.78 Å². The van der Waals surface area contributed by atoms with Crippen LogP contribution in [0.5, 0.6) is 0 Å². The number of anilines is 1. The first-order chi connectivity index (χ1) is 15.6. The standard InChI is InChI=1S/C23H28N6O3S/c1-23(2,3)32-22(31)25-13-17(30)26-15-8-9-16-18-19(27-29(16)12-11-28(4)5)14-7-6-10-24-21(14)33-20(15)18/h6-10H,11-13H2,1-5H3,(H,25,31)(H,26,30). The summed E-state index contributed by atoms with van der Waals surface area (Å²) in [6, 6.07) is 7.78. The summed E-state index contributed by atoms with van der Waals surface area (Å²) in [6.07, 6.45) is 1.12. The summed E-state index contributed by atoms with van der Waals surface area (Å²) in [4.78, 5) is 32.0. The molecule has 3 aromatic rings. The number of fused-ring (bicyclic) bond motifs is 2. The molecule has 1 aliphatic rings. The molecule has 2 aromatic heterocycles. The van der Waals surface area contributed by atoms with E-state index in [0.29, 0.717) is 5.69 Å². The minimum atomic E-state index is -0.633. The van der Waals surface area contributed by atoms with Crippen molar-refractivity contribution in [2.75, 3.05) is 32.5 Å². The molecule has 0 aliphatic carbocycles. The monoisotopic (exact) mass is 468 g/mol. The summed E-state index contributed by atoms with van der Waals surface area (Å²) >= 11 is 1.51. The summed E-state index contributed by atoms with van der Waals surface area (Å²) in [5.41, 5.74) is 2.89. The second kappa shape index (κ2) is 9.03. The molecule has 0 spiro atoms. The van der Waals surface area contributed by atoms with E-state index in [1.54, 1.807) is 27.0 Å². The van der Waals surface area contributed by atoms with Gasteiger partial charge in [-0.2, -0.15) is 5.10 Å². The fraction of sp³-hybridized carbons (Fsp3) is 0.391. The zero-order chi connectivity index (χ0) is 23.8. The Hall–Kier alpha value is -3.11. The lowest BCUT2D eigenvalue weighted by molar-refractivity contribution is -0.115. The third-order valence-electron chi connectivity index (χ3n) is 4.92. The Morgan fingerprint density at radius 3 is 2.73 bits per heavy atom. The van der Waals surface area contributed by atoms with Crippen LogP contribution in [0.2, 0.25) is 0 Å². The maximum Gasteiger partial charge on any atom is 0.408 e. The summed E-state index contributed by atoms with van der Waals surface area (Å²) in [5.74, 6) is -0.342. The first-order valence-electron chi connectivity index (χ1n) is 10.7. The first kappa shape index (κ1) is 23.1. The number of carbonyl (C=O) groups is 2. The maximum absolute atomic E-state index is 12.6. The van der Waals surface area contributed by atoms with Gasteiger partial charge in [0.2, 0.25) is 5.91 Å². The number of pyridine rings is 1. The van der Waals surface area contributed by atoms with Gasteiger partial charge >= 0.3 is 6.09 Å². The lowest BCUT2D eigenvalue weighted by atomic mass is 10.1. The number of nitrogens with zero attached hydrogens (tertiary/aromatic N) is 4. The minimum absolute atomic E-state index is 0.194. The molecule has 3 heterocycles. The predicted molar refractivity (Wildman–Crippen MR) is 129 cm³/mol. The van der Waals surface area contributed by atoms with E-state index in [-0.39, 0.29) is 12.5 Å². The van der Waals surface area contributed by atoms with Crippen molar-refractivity contribution < 1.29 is 14.3 Å². The highest BCUT2D eigenvalue weighted by atomic mass is 32.2. The third-order valence-corrected chi connectivity index (χ3v) is 6.07. The molecule has 1 aromatic carbocycles. The van der Waals surface area contributed by atoms with Crippen molar-refractivity contribution in [3.8, 4) is 11.3 Å². The highest BCUT2D eigenvalue weighted by Gasteiger charge is 2.27. The van der Waals surface area contributed by atoms with Gasteiger partial charge in [0.15, 0.2) is 0 Å². The molecular weight excluding hydrogens is 440 g/mol. The number of ether oxygens (including phenoxy) is 1. The van der Waals surface area contributed by atoms with Crippen LogP contribution in [-0.4, -0.2) is 64.5 Å². The average molecular weight is 469 g/mol. The molecule has 174 valence electrons. The smallest absolute Gasteiger partial charge is 0.408 e. The zero-order valence-corrected chi connectivity index (χ0v) is 20.2. The second-order valence-electron chi connectivity index (χ2n) is 9.07. The van der Waals surface area contributed by atoms with E-state index in [1.807, 2.05) is 43.0 Å². The maximum atomic E-state index is 12.6. The number of amides is 2. The van der Waals surface area contributed by atoms with Crippen molar-refractivity contribution in [2.24, 2.45) is 0 Å². The van der Waals surface area contributed by atoms with Crippen LogP contribution in [0, 0.1) is 0 Å². The molecule has 2 amide bonds. The molecule has 4 rings (SSSR count). The van der Waals surface area contributed by atoms with Crippen molar-refractivity contribution in [1.82, 2.24) is 25.0 Å². The van der Waals surface area contributed by atoms with Gasteiger partial charge in [0.1, 0.15) is 22.9 Å². The van der Waals surface area contributed by atoms with Gasteiger partial charge in [-0.15, -0.1) is 0 Å². The predicted octanol–water partition coefficient (Wildman–Crippen LogP) is 3.59. The number of rotatable bonds is 6. The summed E-state index contributed by atoms with van der Waals surface area (Å²) in [5, 5.41) is 12.2. The molecule has 0 radical (unpaired) electrons. The number of aromatic nitrogens is 3. The first-order valence-corrected chi connectivity index (χ1v) is 11.5. The molecule has 9 nitrogen and oxygen atoms in total. The molecule has 1 aliphatic heterocycles. The van der Waals surface area contributed by atoms with E-state index >= 15 is 0 Å². The van der Waals surface area contributed by atoms with Gasteiger partial charge in [0, 0.05) is 28.6 Å². The van der Waals surface area contributed by atoms with Gasteiger partial charge in [-0.3, -0.25) is 9.48 Å². The molecule has 0 saturated heterocycles. The number of carbonyl (C=O) groups excluding carboxylic acids is 2. The van der Waals surface area contributed by atoms with Gasteiger partial charge in [0.25, 0.3) is 0 Å². The number of hydrogen-bond donors (Lipinski definition) is 2. The van der Waals surface area contributed by atoms with Gasteiger partial charge < -0.3 is 20.3 Å². The molecule has 0 fully saturated rings. The molecule has 10 heteroatoms. The van der Waals surface area contributed by atoms with Crippen LogP contribution in [0.3, 0.4) is 0 Å². The minimum Gasteiger partial charge on any atom is -0.444 e. The lowest BCUT2D eigenvalue weighted by Gasteiger charge is -2.20. The molecule has 0 unspecified atom stereocenters. The van der Waals surface area contributed by atoms with E-state index in [0.717, 1.165) is 45.2 Å². The van der Waals surface area contributed by atoms with Crippen molar-refractivity contribution >= 4 is 40.4 Å². The largest absolute Gasteiger partial charge is 0.444 e. The molecule has 33 heavy (non-hydrogen) atoms. The zero-order valence-electron chi connectivity index (χ0n) is 19.4. The van der Waals surface area contributed by atoms with Gasteiger partial charge in [0.05, 0.1) is 17.7 Å². The average Bonchev–Trinajstić information content (AvgIpc) is 3.11. The Kier molecular flexibility index (Phi) is 6.31. The van der Waals surface area contributed by atoms with E-state index in [9.17, 15) is 9.59 Å². The van der Waals surface area contributed by atoms with Crippen LogP contribution in [-0.2, 0) is 16.1 Å². The Morgan fingerprint density at radius 2 is 2.00 bits per heavy atom. The van der Waals surface area contributed by atoms with E-state index in [1.165, 1.54) is 11.8 Å². The molecule has 2 N–H and O–H groups in total.